The first-order chi connectivity index (χ1) is 21.1. The van der Waals surface area contributed by atoms with Crippen molar-refractivity contribution < 1.29 is 24.0 Å². The lowest BCUT2D eigenvalue weighted by Gasteiger charge is -2.40. The molecule has 4 N–H and O–H groups in total. The molecule has 1 saturated heterocycles. The van der Waals surface area contributed by atoms with E-state index < -0.39 is 41.1 Å². The summed E-state index contributed by atoms with van der Waals surface area (Å²) in [5.41, 5.74) is -0.975. The summed E-state index contributed by atoms with van der Waals surface area (Å²) in [6.07, 6.45) is 10.9. The minimum atomic E-state index is -0.990. The van der Waals surface area contributed by atoms with Gasteiger partial charge >= 0.3 is 6.03 Å². The van der Waals surface area contributed by atoms with Crippen LogP contribution in [-0.2, 0) is 19.2 Å². The maximum atomic E-state index is 14.5. The second-order valence-corrected chi connectivity index (χ2v) is 15.4. The number of ketones is 1. The van der Waals surface area contributed by atoms with Crippen molar-refractivity contribution in [2.75, 3.05) is 13.1 Å². The van der Waals surface area contributed by atoms with Crippen molar-refractivity contribution in [2.45, 2.75) is 143 Å². The fourth-order valence-corrected chi connectivity index (χ4v) is 7.75. The first kappa shape index (κ1) is 36.6. The molecule has 10 heteroatoms. The molecule has 0 bridgehead atoms. The van der Waals surface area contributed by atoms with E-state index in [9.17, 15) is 24.0 Å². The van der Waals surface area contributed by atoms with Crippen LogP contribution in [-0.4, -0.2) is 71.2 Å². The number of likely N-dealkylation sites (tertiary alicyclic amines) is 1. The second-order valence-electron chi connectivity index (χ2n) is 15.4. The van der Waals surface area contributed by atoms with Crippen molar-refractivity contribution in [2.24, 2.45) is 22.7 Å². The van der Waals surface area contributed by atoms with Crippen LogP contribution in [0.25, 0.3) is 0 Å². The zero-order chi connectivity index (χ0) is 33.6. The quantitative estimate of drug-likeness (QED) is 0.174. The topological polar surface area (TPSA) is 137 Å². The molecule has 2 aliphatic carbocycles. The first-order valence-electron chi connectivity index (χ1n) is 17.2. The molecule has 5 atom stereocenters. The molecule has 45 heavy (non-hydrogen) atoms. The van der Waals surface area contributed by atoms with Gasteiger partial charge in [-0.05, 0) is 61.2 Å². The molecule has 3 rings (SSSR count). The Morgan fingerprint density at radius 2 is 1.67 bits per heavy atom. The second kappa shape index (κ2) is 15.1. The molecule has 3 fully saturated rings. The van der Waals surface area contributed by atoms with Crippen LogP contribution in [0.3, 0.4) is 0 Å². The zero-order valence-electron chi connectivity index (χ0n) is 28.9. The Morgan fingerprint density at radius 3 is 2.24 bits per heavy atom. The summed E-state index contributed by atoms with van der Waals surface area (Å²) in [4.78, 5) is 69.5. The Labute approximate surface area is 270 Å². The van der Waals surface area contributed by atoms with Crippen molar-refractivity contribution >= 4 is 29.5 Å². The number of Topliss-reactive ketones (excluding diaryl/α,β-unsaturated/α-hetero) is 1. The van der Waals surface area contributed by atoms with Crippen molar-refractivity contribution in [3.63, 3.8) is 0 Å². The van der Waals surface area contributed by atoms with Crippen LogP contribution in [0.15, 0.2) is 12.7 Å². The SMILES string of the molecule is C=CCNC(=O)C(=O)C(CCCC)NC(=O)[C@@H]1[C@H]2CCC(C)(C)[C@H]2CN1C(=O)[C@@H](NC(=O)NC1(CC)CCCCC1)C(C)(C)C. The van der Waals surface area contributed by atoms with Gasteiger partial charge in [0, 0.05) is 18.6 Å². The molecule has 0 radical (unpaired) electrons. The summed E-state index contributed by atoms with van der Waals surface area (Å²) in [5, 5.41) is 11.7. The molecule has 1 heterocycles. The number of nitrogens with one attached hydrogen (secondary N) is 4. The van der Waals surface area contributed by atoms with Gasteiger partial charge in [-0.25, -0.2) is 4.79 Å². The maximum absolute atomic E-state index is 14.5. The molecule has 2 saturated carbocycles. The van der Waals surface area contributed by atoms with Crippen molar-refractivity contribution in [1.29, 1.82) is 0 Å². The van der Waals surface area contributed by atoms with Gasteiger partial charge in [-0.15, -0.1) is 6.58 Å². The average Bonchev–Trinajstić information content (AvgIpc) is 3.52. The summed E-state index contributed by atoms with van der Waals surface area (Å²) in [6, 6.07) is -3.01. The highest BCUT2D eigenvalue weighted by Crippen LogP contribution is 2.53. The van der Waals surface area contributed by atoms with E-state index in [0.717, 1.165) is 57.8 Å². The standard InChI is InChI=1S/C35H59N5O5/c1-9-12-16-25(27(41)30(43)36-21-10-2)37-29(42)26-23-17-20-34(7,8)24(23)22-40(26)31(44)28(33(4,5)6)38-32(45)39-35(11-3)18-14-13-15-19-35/h10,23-26,28H,2,9,11-22H2,1,3-8H3,(H,36,43)(H,37,42)(H2,38,39,45)/t23-,24-,25?,26-,28+/m0/s1. The molecule has 1 aliphatic heterocycles. The largest absolute Gasteiger partial charge is 0.346 e. The smallest absolute Gasteiger partial charge is 0.315 e. The maximum Gasteiger partial charge on any atom is 0.315 e. The van der Waals surface area contributed by atoms with Crippen molar-refractivity contribution in [1.82, 2.24) is 26.2 Å². The number of carbonyl (C=O) groups excluding carboxylic acids is 5. The Kier molecular flexibility index (Phi) is 12.3. The number of hydrogen-bond donors (Lipinski definition) is 4. The lowest BCUT2D eigenvalue weighted by atomic mass is 9.79. The van der Waals surface area contributed by atoms with Gasteiger partial charge in [0.15, 0.2) is 0 Å². The van der Waals surface area contributed by atoms with Crippen molar-refractivity contribution in [3.05, 3.63) is 12.7 Å². The summed E-state index contributed by atoms with van der Waals surface area (Å²) >= 11 is 0. The number of hydrogen-bond acceptors (Lipinski definition) is 5. The molecule has 0 aromatic rings. The van der Waals surface area contributed by atoms with E-state index in [1.54, 1.807) is 4.90 Å². The van der Waals surface area contributed by atoms with Gasteiger partial charge in [-0.2, -0.15) is 0 Å². The molecule has 3 aliphatic rings. The van der Waals surface area contributed by atoms with Gasteiger partial charge in [0.2, 0.25) is 17.6 Å². The molecular formula is C35H59N5O5. The van der Waals surface area contributed by atoms with Gasteiger partial charge in [0.1, 0.15) is 12.1 Å². The van der Waals surface area contributed by atoms with E-state index >= 15 is 0 Å². The van der Waals surface area contributed by atoms with E-state index in [-0.39, 0.29) is 41.3 Å². The monoisotopic (exact) mass is 629 g/mol. The van der Waals surface area contributed by atoms with Crippen LogP contribution in [0.4, 0.5) is 4.79 Å². The molecule has 0 aromatic heterocycles. The molecule has 0 aromatic carbocycles. The number of amides is 5. The summed E-state index contributed by atoms with van der Waals surface area (Å²) in [6.45, 7) is 18.3. The van der Waals surface area contributed by atoms with Crippen LogP contribution in [0, 0.1) is 22.7 Å². The zero-order valence-corrected chi connectivity index (χ0v) is 28.9. The highest BCUT2D eigenvalue weighted by molar-refractivity contribution is 6.38. The van der Waals surface area contributed by atoms with Gasteiger partial charge in [0.25, 0.3) is 5.91 Å². The van der Waals surface area contributed by atoms with Crippen molar-refractivity contribution in [3.8, 4) is 0 Å². The minimum Gasteiger partial charge on any atom is -0.346 e. The highest BCUT2D eigenvalue weighted by atomic mass is 16.2. The third-order valence-corrected chi connectivity index (χ3v) is 10.7. The Balaban J connectivity index is 1.88. The normalized spacial score (nSPS) is 25.0. The van der Waals surface area contributed by atoms with E-state index in [4.69, 9.17) is 0 Å². The molecule has 10 nitrogen and oxygen atoms in total. The Hall–Kier alpha value is -2.91. The van der Waals surface area contributed by atoms with E-state index in [1.165, 1.54) is 6.08 Å². The van der Waals surface area contributed by atoms with E-state index in [2.05, 4.69) is 48.6 Å². The molecule has 0 spiro atoms. The number of carbonyl (C=O) groups is 5. The summed E-state index contributed by atoms with van der Waals surface area (Å²) in [7, 11) is 0. The number of fused-ring (bicyclic) bond motifs is 1. The summed E-state index contributed by atoms with van der Waals surface area (Å²) in [5.74, 6) is -2.16. The van der Waals surface area contributed by atoms with Gasteiger partial charge in [-0.1, -0.05) is 86.6 Å². The number of nitrogens with zero attached hydrogens (tertiary/aromatic N) is 1. The fourth-order valence-electron chi connectivity index (χ4n) is 7.75. The average molecular weight is 630 g/mol. The molecule has 5 amide bonds. The van der Waals surface area contributed by atoms with Crippen LogP contribution in [0.1, 0.15) is 119 Å². The predicted octanol–water partition coefficient (Wildman–Crippen LogP) is 4.62. The molecule has 254 valence electrons. The minimum absolute atomic E-state index is 0.0727. The van der Waals surface area contributed by atoms with Crippen LogP contribution in [0.5, 0.6) is 0 Å². The van der Waals surface area contributed by atoms with Gasteiger partial charge in [0.05, 0.1) is 6.04 Å². The van der Waals surface area contributed by atoms with Crippen LogP contribution >= 0.6 is 0 Å². The van der Waals surface area contributed by atoms with Crippen LogP contribution < -0.4 is 21.3 Å². The Bertz CT molecular complexity index is 1110. The number of unbranched alkanes of at least 4 members (excludes halogenated alkanes) is 1. The first-order valence-corrected chi connectivity index (χ1v) is 17.2. The Morgan fingerprint density at radius 1 is 1.00 bits per heavy atom. The fraction of sp³-hybridized carbons (Fsp3) is 0.800. The summed E-state index contributed by atoms with van der Waals surface area (Å²) < 4.78 is 0. The van der Waals surface area contributed by atoms with E-state index in [0.29, 0.717) is 19.4 Å². The number of urea groups is 1. The lowest BCUT2D eigenvalue weighted by Crippen LogP contribution is -2.62. The molecular weight excluding hydrogens is 570 g/mol. The lowest BCUT2D eigenvalue weighted by molar-refractivity contribution is -0.144. The van der Waals surface area contributed by atoms with Crippen LogP contribution in [0.2, 0.25) is 0 Å². The third-order valence-electron chi connectivity index (χ3n) is 10.7. The third kappa shape index (κ3) is 8.67. The predicted molar refractivity (Wildman–Crippen MR) is 176 cm³/mol. The van der Waals surface area contributed by atoms with Gasteiger partial charge < -0.3 is 26.2 Å². The van der Waals surface area contributed by atoms with Gasteiger partial charge in [-0.3, -0.25) is 19.2 Å². The molecule has 1 unspecified atom stereocenters. The highest BCUT2D eigenvalue weighted by Gasteiger charge is 2.57. The number of rotatable bonds is 13. The van der Waals surface area contributed by atoms with E-state index in [1.807, 2.05) is 27.7 Å².